The first-order valence-corrected chi connectivity index (χ1v) is 6.14. The van der Waals surface area contributed by atoms with Crippen LogP contribution in [-0.4, -0.2) is 43.9 Å². The Morgan fingerprint density at radius 3 is 2.67 bits per heavy atom. The Hall–Kier alpha value is -1.56. The molecule has 0 unspecified atom stereocenters. The van der Waals surface area contributed by atoms with Crippen LogP contribution in [0.5, 0.6) is 5.88 Å². The van der Waals surface area contributed by atoms with E-state index in [0.717, 1.165) is 38.4 Å². The molecule has 2 N–H and O–H groups in total. The quantitative estimate of drug-likeness (QED) is 0.859. The summed E-state index contributed by atoms with van der Waals surface area (Å²) >= 11 is 0. The van der Waals surface area contributed by atoms with Crippen molar-refractivity contribution in [3.63, 3.8) is 0 Å². The fourth-order valence-corrected chi connectivity index (χ4v) is 2.33. The molecule has 0 spiro atoms. The highest BCUT2D eigenvalue weighted by atomic mass is 16.5. The van der Waals surface area contributed by atoms with E-state index in [0.29, 0.717) is 17.5 Å². The van der Waals surface area contributed by atoms with Crippen LogP contribution in [0.15, 0.2) is 6.33 Å². The molecule has 1 fully saturated rings. The van der Waals surface area contributed by atoms with E-state index in [1.807, 2.05) is 0 Å². The van der Waals surface area contributed by atoms with Crippen molar-refractivity contribution in [3.05, 3.63) is 6.33 Å². The second-order valence-corrected chi connectivity index (χ2v) is 4.51. The van der Waals surface area contributed by atoms with E-state index in [2.05, 4.69) is 14.9 Å². The van der Waals surface area contributed by atoms with E-state index in [9.17, 15) is 0 Å². The third-order valence-corrected chi connectivity index (χ3v) is 3.34. The zero-order valence-electron chi connectivity index (χ0n) is 10.9. The molecule has 1 aromatic rings. The number of piperidine rings is 1. The summed E-state index contributed by atoms with van der Waals surface area (Å²) in [6, 6.07) is 0. The summed E-state index contributed by atoms with van der Waals surface area (Å²) < 4.78 is 10.3. The first kappa shape index (κ1) is 12.9. The number of hydrogen-bond acceptors (Lipinski definition) is 6. The molecular formula is C12H20N4O2. The number of nitrogen functional groups attached to an aromatic ring is 1. The van der Waals surface area contributed by atoms with Gasteiger partial charge >= 0.3 is 0 Å². The molecule has 0 bridgehead atoms. The topological polar surface area (TPSA) is 73.5 Å². The number of aromatic nitrogens is 2. The lowest BCUT2D eigenvalue weighted by Gasteiger charge is -2.33. The zero-order valence-corrected chi connectivity index (χ0v) is 10.9. The molecule has 0 radical (unpaired) electrons. The van der Waals surface area contributed by atoms with Gasteiger partial charge < -0.3 is 20.1 Å². The van der Waals surface area contributed by atoms with Gasteiger partial charge in [0.25, 0.3) is 0 Å². The van der Waals surface area contributed by atoms with Crippen molar-refractivity contribution in [2.24, 2.45) is 5.92 Å². The fourth-order valence-electron chi connectivity index (χ4n) is 2.33. The van der Waals surface area contributed by atoms with Crippen LogP contribution in [-0.2, 0) is 4.74 Å². The number of nitrogens with two attached hydrogens (primary N) is 1. The predicted octanol–water partition coefficient (Wildman–Crippen LogP) is 0.930. The van der Waals surface area contributed by atoms with Crippen LogP contribution in [0.2, 0.25) is 0 Å². The summed E-state index contributed by atoms with van der Waals surface area (Å²) in [5.41, 5.74) is 6.52. The molecule has 6 heteroatoms. The average Bonchev–Trinajstić information content (AvgIpc) is 2.41. The molecule has 0 saturated carbocycles. The standard InChI is InChI=1S/C12H20N4O2/c1-17-7-9-3-5-16(6-4-9)11-10(13)12(18-2)15-8-14-11/h8-9H,3-7,13H2,1-2H3. The summed E-state index contributed by atoms with van der Waals surface area (Å²) in [4.78, 5) is 10.4. The summed E-state index contributed by atoms with van der Waals surface area (Å²) in [5, 5.41) is 0. The van der Waals surface area contributed by atoms with Gasteiger partial charge in [-0.25, -0.2) is 4.98 Å². The lowest BCUT2D eigenvalue weighted by molar-refractivity contribution is 0.139. The molecule has 1 aromatic heterocycles. The smallest absolute Gasteiger partial charge is 0.242 e. The molecule has 1 aliphatic heterocycles. The molecule has 0 aliphatic carbocycles. The lowest BCUT2D eigenvalue weighted by atomic mass is 9.98. The van der Waals surface area contributed by atoms with Crippen LogP contribution in [0.4, 0.5) is 11.5 Å². The molecule has 0 atom stereocenters. The van der Waals surface area contributed by atoms with Crippen LogP contribution in [0, 0.1) is 5.92 Å². The molecule has 6 nitrogen and oxygen atoms in total. The maximum Gasteiger partial charge on any atom is 0.242 e. The van der Waals surface area contributed by atoms with Crippen LogP contribution in [0.25, 0.3) is 0 Å². The molecule has 2 heterocycles. The second-order valence-electron chi connectivity index (χ2n) is 4.51. The molecule has 18 heavy (non-hydrogen) atoms. The maximum absolute atomic E-state index is 6.00. The summed E-state index contributed by atoms with van der Waals surface area (Å²) in [6.45, 7) is 2.72. The van der Waals surface area contributed by atoms with E-state index >= 15 is 0 Å². The van der Waals surface area contributed by atoms with Crippen molar-refractivity contribution in [2.45, 2.75) is 12.8 Å². The summed E-state index contributed by atoms with van der Waals surface area (Å²) in [6.07, 6.45) is 3.69. The molecule has 100 valence electrons. The van der Waals surface area contributed by atoms with Crippen molar-refractivity contribution in [1.29, 1.82) is 0 Å². The monoisotopic (exact) mass is 252 g/mol. The highest BCUT2D eigenvalue weighted by molar-refractivity contribution is 5.67. The van der Waals surface area contributed by atoms with Gasteiger partial charge in [0.1, 0.15) is 12.0 Å². The van der Waals surface area contributed by atoms with Gasteiger partial charge in [-0.2, -0.15) is 4.98 Å². The number of hydrogen-bond donors (Lipinski definition) is 1. The molecular weight excluding hydrogens is 232 g/mol. The minimum Gasteiger partial charge on any atom is -0.479 e. The van der Waals surface area contributed by atoms with Gasteiger partial charge in [0.05, 0.1) is 7.11 Å². The highest BCUT2D eigenvalue weighted by Gasteiger charge is 2.22. The van der Waals surface area contributed by atoms with Crippen LogP contribution in [0.1, 0.15) is 12.8 Å². The molecule has 2 rings (SSSR count). The number of ether oxygens (including phenoxy) is 2. The third-order valence-electron chi connectivity index (χ3n) is 3.34. The summed E-state index contributed by atoms with van der Waals surface area (Å²) in [7, 11) is 3.31. The Kier molecular flexibility index (Phi) is 4.19. The Labute approximate surface area is 107 Å². The fraction of sp³-hybridized carbons (Fsp3) is 0.667. The van der Waals surface area contributed by atoms with Crippen LogP contribution in [0.3, 0.4) is 0 Å². The van der Waals surface area contributed by atoms with E-state index in [1.165, 1.54) is 6.33 Å². The van der Waals surface area contributed by atoms with E-state index in [4.69, 9.17) is 15.2 Å². The van der Waals surface area contributed by atoms with Crippen molar-refractivity contribution in [3.8, 4) is 5.88 Å². The Bertz CT molecular complexity index is 392. The SMILES string of the molecule is COCC1CCN(c2ncnc(OC)c2N)CC1. The first-order valence-electron chi connectivity index (χ1n) is 6.14. The molecule has 0 aromatic carbocycles. The molecule has 0 amide bonds. The highest BCUT2D eigenvalue weighted by Crippen LogP contribution is 2.30. The number of nitrogens with zero attached hydrogens (tertiary/aromatic N) is 3. The van der Waals surface area contributed by atoms with Crippen LogP contribution < -0.4 is 15.4 Å². The molecule has 1 saturated heterocycles. The normalized spacial score (nSPS) is 16.9. The Morgan fingerprint density at radius 1 is 1.33 bits per heavy atom. The van der Waals surface area contributed by atoms with Gasteiger partial charge in [0, 0.05) is 26.8 Å². The predicted molar refractivity (Wildman–Crippen MR) is 69.8 cm³/mol. The van der Waals surface area contributed by atoms with Gasteiger partial charge in [-0.05, 0) is 18.8 Å². The average molecular weight is 252 g/mol. The number of anilines is 2. The van der Waals surface area contributed by atoms with Crippen molar-refractivity contribution < 1.29 is 9.47 Å². The van der Waals surface area contributed by atoms with Gasteiger partial charge in [0.15, 0.2) is 5.82 Å². The van der Waals surface area contributed by atoms with Crippen molar-refractivity contribution in [2.75, 3.05) is 44.5 Å². The Balaban J connectivity index is 2.05. The van der Waals surface area contributed by atoms with Gasteiger partial charge in [-0.3, -0.25) is 0 Å². The second kappa shape index (κ2) is 5.86. The van der Waals surface area contributed by atoms with E-state index in [-0.39, 0.29) is 0 Å². The maximum atomic E-state index is 6.00. The first-order chi connectivity index (χ1) is 8.76. The minimum absolute atomic E-state index is 0.444. The van der Waals surface area contributed by atoms with Crippen LogP contribution >= 0.6 is 0 Å². The van der Waals surface area contributed by atoms with E-state index in [1.54, 1.807) is 14.2 Å². The largest absolute Gasteiger partial charge is 0.479 e. The zero-order chi connectivity index (χ0) is 13.0. The third kappa shape index (κ3) is 2.64. The molecule has 1 aliphatic rings. The summed E-state index contributed by atoms with van der Waals surface area (Å²) in [5.74, 6) is 1.85. The number of rotatable bonds is 4. The van der Waals surface area contributed by atoms with E-state index < -0.39 is 0 Å². The Morgan fingerprint density at radius 2 is 2.06 bits per heavy atom. The van der Waals surface area contributed by atoms with Gasteiger partial charge in [0.2, 0.25) is 5.88 Å². The van der Waals surface area contributed by atoms with Crippen molar-refractivity contribution in [1.82, 2.24) is 9.97 Å². The van der Waals surface area contributed by atoms with Crippen molar-refractivity contribution >= 4 is 11.5 Å². The lowest BCUT2D eigenvalue weighted by Crippen LogP contribution is -2.36. The van der Waals surface area contributed by atoms with Gasteiger partial charge in [-0.15, -0.1) is 0 Å². The van der Waals surface area contributed by atoms with Gasteiger partial charge in [-0.1, -0.05) is 0 Å². The number of methoxy groups -OCH3 is 2. The minimum atomic E-state index is 0.444.